The molecule has 31 heavy (non-hydrogen) atoms. The second-order valence-electron chi connectivity index (χ2n) is 7.42. The Hall–Kier alpha value is -2.29. The first-order valence-electron chi connectivity index (χ1n) is 10.1. The van der Waals surface area contributed by atoms with E-state index in [9.17, 15) is 13.2 Å². The number of rotatable bonds is 7. The van der Waals surface area contributed by atoms with Gasteiger partial charge in [0.05, 0.1) is 25.3 Å². The summed E-state index contributed by atoms with van der Waals surface area (Å²) >= 11 is 6.20. The molecule has 1 atom stereocenters. The first-order chi connectivity index (χ1) is 14.8. The van der Waals surface area contributed by atoms with Crippen molar-refractivity contribution in [2.24, 2.45) is 0 Å². The first-order valence-corrected chi connectivity index (χ1v) is 11.9. The van der Waals surface area contributed by atoms with E-state index in [1.54, 1.807) is 26.4 Å². The maximum Gasteiger partial charge on any atom is 0.251 e. The third-order valence-electron chi connectivity index (χ3n) is 5.38. The molecule has 0 spiro atoms. The summed E-state index contributed by atoms with van der Waals surface area (Å²) in [6.45, 7) is 2.76. The molecule has 3 rings (SSSR count). The number of halogens is 1. The highest BCUT2D eigenvalue weighted by molar-refractivity contribution is 7.89. The van der Waals surface area contributed by atoms with Crippen molar-refractivity contribution in [1.29, 1.82) is 0 Å². The number of hydrogen-bond donors (Lipinski definition) is 1. The van der Waals surface area contributed by atoms with Crippen LogP contribution in [0.25, 0.3) is 0 Å². The topological polar surface area (TPSA) is 84.9 Å². The van der Waals surface area contributed by atoms with Gasteiger partial charge in [0.15, 0.2) is 11.5 Å². The summed E-state index contributed by atoms with van der Waals surface area (Å²) in [4.78, 5) is 12.8. The van der Waals surface area contributed by atoms with Gasteiger partial charge in [-0.15, -0.1) is 0 Å². The van der Waals surface area contributed by atoms with E-state index in [0.29, 0.717) is 24.6 Å². The largest absolute Gasteiger partial charge is 0.493 e. The normalized spacial score (nSPS) is 15.9. The number of methoxy groups -OCH3 is 2. The molecule has 0 bridgehead atoms. The fourth-order valence-corrected chi connectivity index (χ4v) is 5.59. The van der Waals surface area contributed by atoms with Gasteiger partial charge in [0.1, 0.15) is 4.90 Å². The Morgan fingerprint density at radius 1 is 1.03 bits per heavy atom. The lowest BCUT2D eigenvalue weighted by Gasteiger charge is -2.26. The van der Waals surface area contributed by atoms with Crippen LogP contribution in [0.4, 0.5) is 0 Å². The van der Waals surface area contributed by atoms with Crippen LogP contribution in [0.15, 0.2) is 41.3 Å². The summed E-state index contributed by atoms with van der Waals surface area (Å²) in [6, 6.07) is 9.37. The van der Waals surface area contributed by atoms with Crippen molar-refractivity contribution in [1.82, 2.24) is 9.62 Å². The molecule has 1 aliphatic rings. The number of carbonyl (C=O) groups is 1. The smallest absolute Gasteiger partial charge is 0.251 e. The van der Waals surface area contributed by atoms with E-state index in [2.05, 4.69) is 5.32 Å². The molecule has 0 radical (unpaired) electrons. The highest BCUT2D eigenvalue weighted by atomic mass is 35.5. The number of benzene rings is 2. The third-order valence-corrected chi connectivity index (χ3v) is 7.76. The molecule has 0 aliphatic carbocycles. The summed E-state index contributed by atoms with van der Waals surface area (Å²) in [7, 11) is -0.656. The molecular formula is C22H27ClN2O5S. The Kier molecular flexibility index (Phi) is 7.46. The van der Waals surface area contributed by atoms with Gasteiger partial charge in [-0.3, -0.25) is 4.79 Å². The highest BCUT2D eigenvalue weighted by Gasteiger charge is 2.29. The molecule has 9 heteroatoms. The van der Waals surface area contributed by atoms with E-state index in [1.165, 1.54) is 22.5 Å². The lowest BCUT2D eigenvalue weighted by molar-refractivity contribution is 0.0939. The van der Waals surface area contributed by atoms with Crippen LogP contribution in [-0.2, 0) is 10.0 Å². The molecule has 2 aromatic carbocycles. The standard InChI is InChI=1S/C22H27ClN2O5S/c1-15(16-8-10-19(29-2)20(13-16)30-3)24-22(26)17-7-9-18(23)21(14-17)31(27,28)25-11-5-4-6-12-25/h7-10,13-15H,4-6,11-12H2,1-3H3,(H,24,26). The lowest BCUT2D eigenvalue weighted by atomic mass is 10.1. The summed E-state index contributed by atoms with van der Waals surface area (Å²) < 4.78 is 38.1. The molecule has 0 saturated carbocycles. The minimum absolute atomic E-state index is 0.0394. The minimum Gasteiger partial charge on any atom is -0.493 e. The molecule has 1 fully saturated rings. The van der Waals surface area contributed by atoms with Crippen LogP contribution < -0.4 is 14.8 Å². The van der Waals surface area contributed by atoms with Crippen LogP contribution in [0.5, 0.6) is 11.5 Å². The number of ether oxygens (including phenoxy) is 2. The maximum atomic E-state index is 13.0. The summed E-state index contributed by atoms with van der Waals surface area (Å²) in [5.74, 6) is 0.756. The quantitative estimate of drug-likeness (QED) is 0.666. The van der Waals surface area contributed by atoms with Crippen LogP contribution in [-0.4, -0.2) is 45.9 Å². The SMILES string of the molecule is COc1ccc(C(C)NC(=O)c2ccc(Cl)c(S(=O)(=O)N3CCCCC3)c2)cc1OC. The van der Waals surface area contributed by atoms with Gasteiger partial charge < -0.3 is 14.8 Å². The number of nitrogens with zero attached hydrogens (tertiary/aromatic N) is 1. The molecule has 1 N–H and O–H groups in total. The molecule has 1 heterocycles. The highest BCUT2D eigenvalue weighted by Crippen LogP contribution is 2.31. The Morgan fingerprint density at radius 3 is 2.35 bits per heavy atom. The van der Waals surface area contributed by atoms with E-state index in [-0.39, 0.29) is 21.5 Å². The molecule has 168 valence electrons. The molecule has 1 saturated heterocycles. The van der Waals surface area contributed by atoms with Gasteiger partial charge >= 0.3 is 0 Å². The number of piperidine rings is 1. The Bertz CT molecular complexity index is 1050. The van der Waals surface area contributed by atoms with Crippen molar-refractivity contribution in [3.05, 3.63) is 52.5 Å². The number of sulfonamides is 1. The summed E-state index contributed by atoms with van der Waals surface area (Å²) in [5.41, 5.74) is 1.05. The van der Waals surface area contributed by atoms with Gasteiger partial charge in [-0.25, -0.2) is 8.42 Å². The van der Waals surface area contributed by atoms with Crippen LogP contribution in [0.3, 0.4) is 0 Å². The van der Waals surface area contributed by atoms with Crippen molar-refractivity contribution in [2.75, 3.05) is 27.3 Å². The van der Waals surface area contributed by atoms with Crippen molar-refractivity contribution in [3.63, 3.8) is 0 Å². The van der Waals surface area contributed by atoms with Crippen LogP contribution in [0.1, 0.15) is 48.1 Å². The monoisotopic (exact) mass is 466 g/mol. The van der Waals surface area contributed by atoms with Crippen molar-refractivity contribution in [3.8, 4) is 11.5 Å². The predicted octanol–water partition coefficient (Wildman–Crippen LogP) is 4.02. The van der Waals surface area contributed by atoms with Gasteiger partial charge in [0, 0.05) is 18.7 Å². The molecule has 0 aromatic heterocycles. The summed E-state index contributed by atoms with van der Waals surface area (Å²) in [5, 5.41) is 3.00. The van der Waals surface area contributed by atoms with E-state index in [1.807, 2.05) is 13.0 Å². The van der Waals surface area contributed by atoms with Crippen molar-refractivity contribution in [2.45, 2.75) is 37.1 Å². The maximum absolute atomic E-state index is 13.0. The Morgan fingerprint density at radius 2 is 1.71 bits per heavy atom. The van der Waals surface area contributed by atoms with Crippen molar-refractivity contribution < 1.29 is 22.7 Å². The fraction of sp³-hybridized carbons (Fsp3) is 0.409. The second-order valence-corrected chi connectivity index (χ2v) is 9.73. The third kappa shape index (κ3) is 5.14. The van der Waals surface area contributed by atoms with E-state index in [0.717, 1.165) is 24.8 Å². The van der Waals surface area contributed by atoms with Crippen molar-refractivity contribution >= 4 is 27.5 Å². The fourth-order valence-electron chi connectivity index (χ4n) is 3.57. The molecule has 1 unspecified atom stereocenters. The zero-order valence-corrected chi connectivity index (χ0v) is 19.4. The van der Waals surface area contributed by atoms with Crippen LogP contribution >= 0.6 is 11.6 Å². The van der Waals surface area contributed by atoms with Gasteiger partial charge in [-0.05, 0) is 55.7 Å². The van der Waals surface area contributed by atoms with E-state index < -0.39 is 15.9 Å². The van der Waals surface area contributed by atoms with Gasteiger partial charge in [0.25, 0.3) is 5.91 Å². The van der Waals surface area contributed by atoms with Gasteiger partial charge in [0.2, 0.25) is 10.0 Å². The van der Waals surface area contributed by atoms with E-state index in [4.69, 9.17) is 21.1 Å². The lowest BCUT2D eigenvalue weighted by Crippen LogP contribution is -2.36. The Balaban J connectivity index is 1.82. The van der Waals surface area contributed by atoms with Gasteiger partial charge in [-0.1, -0.05) is 24.1 Å². The van der Waals surface area contributed by atoms with Crippen LogP contribution in [0.2, 0.25) is 5.02 Å². The van der Waals surface area contributed by atoms with Gasteiger partial charge in [-0.2, -0.15) is 4.31 Å². The number of hydrogen-bond acceptors (Lipinski definition) is 5. The molecule has 1 amide bonds. The number of carbonyl (C=O) groups excluding carboxylic acids is 1. The number of amides is 1. The predicted molar refractivity (Wildman–Crippen MR) is 119 cm³/mol. The molecule has 1 aliphatic heterocycles. The zero-order chi connectivity index (χ0) is 22.6. The van der Waals surface area contributed by atoms with E-state index >= 15 is 0 Å². The summed E-state index contributed by atoms with van der Waals surface area (Å²) in [6.07, 6.45) is 2.65. The minimum atomic E-state index is -3.76. The zero-order valence-electron chi connectivity index (χ0n) is 17.9. The second kappa shape index (κ2) is 9.89. The molecule has 2 aromatic rings. The molecule has 7 nitrogen and oxygen atoms in total. The Labute approximate surface area is 188 Å². The average Bonchev–Trinajstić information content (AvgIpc) is 2.79. The molecular weight excluding hydrogens is 440 g/mol. The van der Waals surface area contributed by atoms with Crippen LogP contribution in [0, 0.1) is 0 Å². The first kappa shape index (κ1) is 23.4. The average molecular weight is 467 g/mol. The number of nitrogens with one attached hydrogen (secondary N) is 1.